The summed E-state index contributed by atoms with van der Waals surface area (Å²) < 4.78 is 0. The minimum atomic E-state index is -1.38. The Labute approximate surface area is 341 Å². The molecule has 12 N–H and O–H groups in total. The van der Waals surface area contributed by atoms with E-state index in [4.69, 9.17) is 0 Å². The number of carboxylic acids is 4. The molecule has 0 radical (unpaired) electrons. The van der Waals surface area contributed by atoms with E-state index in [1.807, 2.05) is 0 Å². The van der Waals surface area contributed by atoms with Crippen molar-refractivity contribution < 1.29 is 80.5 Å². The molecule has 1 aliphatic rings. The van der Waals surface area contributed by atoms with Crippen molar-refractivity contribution in [1.82, 2.24) is 19.6 Å². The Morgan fingerprint density at radius 2 is 0.450 bits per heavy atom. The first-order chi connectivity index (χ1) is 28.3. The second-order valence-electron chi connectivity index (χ2n) is 14.3. The number of phenols is 8. The topological polar surface area (TPSA) is 324 Å². The van der Waals surface area contributed by atoms with E-state index < -0.39 is 69.9 Å². The molecule has 1 fully saturated rings. The van der Waals surface area contributed by atoms with Crippen LogP contribution in [0, 0.1) is 0 Å². The lowest BCUT2D eigenvalue weighted by Gasteiger charge is -2.35. The van der Waals surface area contributed by atoms with E-state index in [0.717, 1.165) is 48.5 Å². The first-order valence-corrected chi connectivity index (χ1v) is 18.3. The Hall–Kier alpha value is -7.00. The Morgan fingerprint density at radius 3 is 0.567 bits per heavy atom. The van der Waals surface area contributed by atoms with E-state index in [9.17, 15) is 80.5 Å². The molecular weight excluding hydrogens is 792 g/mol. The number of aromatic carboxylic acids is 4. The number of hydrogen-bond acceptors (Lipinski definition) is 16. The van der Waals surface area contributed by atoms with Gasteiger partial charge in [-0.05, 0) is 48.5 Å². The van der Waals surface area contributed by atoms with Gasteiger partial charge in [0.1, 0.15) is 46.0 Å². The zero-order valence-electron chi connectivity index (χ0n) is 31.9. The quantitative estimate of drug-likeness (QED) is 0.0975. The zero-order valence-corrected chi connectivity index (χ0v) is 31.9. The minimum absolute atomic E-state index is 0.00370. The Morgan fingerprint density at radius 1 is 0.317 bits per heavy atom. The van der Waals surface area contributed by atoms with E-state index in [-0.39, 0.29) is 123 Å². The van der Waals surface area contributed by atoms with Crippen LogP contribution in [0.5, 0.6) is 46.0 Å². The molecule has 4 aromatic carbocycles. The summed E-state index contributed by atoms with van der Waals surface area (Å²) >= 11 is 0. The molecule has 0 aliphatic carbocycles. The van der Waals surface area contributed by atoms with Crippen LogP contribution >= 0.6 is 0 Å². The van der Waals surface area contributed by atoms with E-state index in [0.29, 0.717) is 0 Å². The summed E-state index contributed by atoms with van der Waals surface area (Å²) in [4.78, 5) is 53.5. The fourth-order valence-electron chi connectivity index (χ4n) is 6.81. The van der Waals surface area contributed by atoms with Gasteiger partial charge in [-0.15, -0.1) is 0 Å². The average Bonchev–Trinajstić information content (AvgIpc) is 3.16. The lowest BCUT2D eigenvalue weighted by atomic mass is 10.1. The molecule has 0 aromatic heterocycles. The van der Waals surface area contributed by atoms with Crippen LogP contribution in [0.4, 0.5) is 0 Å². The molecule has 60 heavy (non-hydrogen) atoms. The van der Waals surface area contributed by atoms with Crippen LogP contribution in [-0.4, -0.2) is 157 Å². The monoisotopic (exact) mass is 836 g/mol. The summed E-state index contributed by atoms with van der Waals surface area (Å²) in [5, 5.41) is 124. The van der Waals surface area contributed by atoms with Gasteiger partial charge in [0, 0.05) is 101 Å². The molecule has 0 spiro atoms. The van der Waals surface area contributed by atoms with Gasteiger partial charge < -0.3 is 61.3 Å². The molecule has 320 valence electrons. The molecule has 0 bridgehead atoms. The highest BCUT2D eigenvalue weighted by Gasteiger charge is 2.25. The maximum absolute atomic E-state index is 11.6. The number of carbonyl (C=O) groups is 4. The van der Waals surface area contributed by atoms with Gasteiger partial charge in [-0.1, -0.05) is 0 Å². The first-order valence-electron chi connectivity index (χ1n) is 18.3. The maximum Gasteiger partial charge on any atom is 0.335 e. The summed E-state index contributed by atoms with van der Waals surface area (Å²) in [5.41, 5.74) is -1.41. The molecule has 20 heteroatoms. The summed E-state index contributed by atoms with van der Waals surface area (Å²) in [6.45, 7) is 0.771. The molecule has 1 heterocycles. The van der Waals surface area contributed by atoms with Crippen LogP contribution in [0.2, 0.25) is 0 Å². The van der Waals surface area contributed by atoms with Gasteiger partial charge in [0.15, 0.2) is 0 Å². The molecule has 0 unspecified atom stereocenters. The lowest BCUT2D eigenvalue weighted by Crippen LogP contribution is -2.45. The van der Waals surface area contributed by atoms with Gasteiger partial charge in [-0.2, -0.15) is 0 Å². The highest BCUT2D eigenvalue weighted by molar-refractivity contribution is 5.90. The third-order valence-corrected chi connectivity index (χ3v) is 10.3. The van der Waals surface area contributed by atoms with Gasteiger partial charge in [-0.3, -0.25) is 19.6 Å². The molecule has 4 aromatic rings. The third-order valence-electron chi connectivity index (χ3n) is 10.3. The number of carboxylic acid groups (broad SMARTS) is 4. The zero-order chi connectivity index (χ0) is 44.0. The van der Waals surface area contributed by atoms with Crippen molar-refractivity contribution in [3.63, 3.8) is 0 Å². The van der Waals surface area contributed by atoms with Crippen LogP contribution in [0.25, 0.3) is 0 Å². The molecule has 20 nitrogen and oxygen atoms in total. The second kappa shape index (κ2) is 18.7. The van der Waals surface area contributed by atoms with E-state index in [1.165, 1.54) is 0 Å². The number of rotatable bonds is 12. The van der Waals surface area contributed by atoms with Gasteiger partial charge in [0.05, 0.1) is 22.3 Å². The molecular formula is C40H44N4O16. The molecule has 0 atom stereocenters. The predicted molar refractivity (Wildman–Crippen MR) is 208 cm³/mol. The predicted octanol–water partition coefficient (Wildman–Crippen LogP) is 2.45. The largest absolute Gasteiger partial charge is 0.507 e. The second-order valence-corrected chi connectivity index (χ2v) is 14.3. The highest BCUT2D eigenvalue weighted by atomic mass is 16.4. The molecule has 5 rings (SSSR count). The van der Waals surface area contributed by atoms with Crippen LogP contribution < -0.4 is 0 Å². The Bertz CT molecular complexity index is 1870. The summed E-state index contributed by atoms with van der Waals surface area (Å²) in [6.07, 6.45) is 0. The van der Waals surface area contributed by atoms with Crippen molar-refractivity contribution in [2.24, 2.45) is 0 Å². The van der Waals surface area contributed by atoms with Crippen molar-refractivity contribution in [2.75, 3.05) is 52.4 Å². The van der Waals surface area contributed by atoms with Crippen molar-refractivity contribution in [2.45, 2.75) is 26.2 Å². The standard InChI is InChI=1S/C40H44N4O16/c45-29-9-21(37(53)54)10-30(46)25(29)17-41-1-2-42(18-26-31(47)11-22(38(55)56)12-32(26)48)5-6-44(20-28-35(51)15-24(40(59)60)16-36(28)52)8-7-43(4-3-41)19-27-33(49)13-23(39(57)58)14-34(27)50/h9-16,45-52H,1-8,17-20H2,(H,53,54)(H,55,56)(H,57,58)(H,59,60). The highest BCUT2D eigenvalue weighted by Crippen LogP contribution is 2.34. The molecule has 0 amide bonds. The summed E-state index contributed by atoms with van der Waals surface area (Å²) in [5.74, 6) is -9.47. The van der Waals surface area contributed by atoms with Gasteiger partial charge >= 0.3 is 23.9 Å². The number of benzene rings is 4. The third kappa shape index (κ3) is 10.7. The van der Waals surface area contributed by atoms with Gasteiger partial charge in [-0.25, -0.2) is 19.2 Å². The molecule has 0 saturated carbocycles. The van der Waals surface area contributed by atoms with Crippen molar-refractivity contribution in [1.29, 1.82) is 0 Å². The molecule has 1 aliphatic heterocycles. The van der Waals surface area contributed by atoms with Gasteiger partial charge in [0.25, 0.3) is 0 Å². The van der Waals surface area contributed by atoms with Crippen molar-refractivity contribution in [3.05, 3.63) is 93.0 Å². The lowest BCUT2D eigenvalue weighted by molar-refractivity contribution is 0.0685. The van der Waals surface area contributed by atoms with Crippen molar-refractivity contribution >= 4 is 23.9 Å². The van der Waals surface area contributed by atoms with E-state index >= 15 is 0 Å². The fraction of sp³-hybridized carbons (Fsp3) is 0.300. The minimum Gasteiger partial charge on any atom is -0.507 e. The normalized spacial score (nSPS) is 15.2. The molecule has 1 saturated heterocycles. The SMILES string of the molecule is O=C(O)c1cc(O)c(CN2CCN(Cc3c(O)cc(C(=O)O)cc3O)CCN(Cc3c(O)cc(C(=O)O)cc3O)CCN(Cc3c(O)cc(C(=O)O)cc3O)CC2)c(O)c1. The summed E-state index contributed by atoms with van der Waals surface area (Å²) in [7, 11) is 0. The first kappa shape index (κ1) is 44.1. The van der Waals surface area contributed by atoms with Crippen LogP contribution in [-0.2, 0) is 26.2 Å². The number of hydrogen-bond donors (Lipinski definition) is 12. The van der Waals surface area contributed by atoms with Crippen LogP contribution in [0.3, 0.4) is 0 Å². The van der Waals surface area contributed by atoms with Gasteiger partial charge in [0.2, 0.25) is 0 Å². The number of phenolic OH excluding ortho intramolecular Hbond substituents is 8. The Balaban J connectivity index is 1.53. The smallest absolute Gasteiger partial charge is 0.335 e. The van der Waals surface area contributed by atoms with E-state index in [1.54, 1.807) is 19.6 Å². The fourth-order valence-corrected chi connectivity index (χ4v) is 6.81. The van der Waals surface area contributed by atoms with Crippen molar-refractivity contribution in [3.8, 4) is 46.0 Å². The summed E-state index contributed by atoms with van der Waals surface area (Å²) in [6, 6.07) is 7.93. The van der Waals surface area contributed by atoms with Crippen LogP contribution in [0.15, 0.2) is 48.5 Å². The van der Waals surface area contributed by atoms with E-state index in [2.05, 4.69) is 0 Å². The van der Waals surface area contributed by atoms with Crippen LogP contribution in [0.1, 0.15) is 63.7 Å². The Kier molecular flexibility index (Phi) is 13.8. The average molecular weight is 837 g/mol. The maximum atomic E-state index is 11.6. The number of nitrogens with zero attached hydrogens (tertiary/aromatic N) is 4. The number of aromatic hydroxyl groups is 8.